The summed E-state index contributed by atoms with van der Waals surface area (Å²) in [4.78, 5) is 14.9. The third kappa shape index (κ3) is 3.20. The molecule has 0 fully saturated rings. The first-order chi connectivity index (χ1) is 8.49. The van der Waals surface area contributed by atoms with Gasteiger partial charge in [-0.15, -0.1) is 0 Å². The van der Waals surface area contributed by atoms with Gasteiger partial charge in [-0.2, -0.15) is 5.26 Å². The van der Waals surface area contributed by atoms with Gasteiger partial charge in [0.25, 0.3) is 0 Å². The number of nitriles is 1. The van der Waals surface area contributed by atoms with Crippen molar-refractivity contribution in [1.29, 1.82) is 5.26 Å². The van der Waals surface area contributed by atoms with Crippen LogP contribution in [0.4, 0.5) is 10.1 Å². The highest BCUT2D eigenvalue weighted by Crippen LogP contribution is 2.18. The van der Waals surface area contributed by atoms with Crippen LogP contribution in [0, 0.1) is 17.1 Å². The van der Waals surface area contributed by atoms with Gasteiger partial charge in [-0.3, -0.25) is 4.79 Å². The smallest absolute Gasteiger partial charge is 0.241 e. The number of carbonyl (C=O) groups is 1. The second-order valence-electron chi connectivity index (χ2n) is 4.08. The lowest BCUT2D eigenvalue weighted by atomic mass is 10.2. The summed E-state index contributed by atoms with van der Waals surface area (Å²) in [6, 6.07) is 6.12. The van der Waals surface area contributed by atoms with Crippen LogP contribution >= 0.6 is 0 Å². The Labute approximate surface area is 106 Å². The zero-order valence-corrected chi connectivity index (χ0v) is 10.8. The van der Waals surface area contributed by atoms with Gasteiger partial charge in [0.1, 0.15) is 11.9 Å². The minimum Gasteiger partial charge on any atom is -0.362 e. The summed E-state index contributed by atoms with van der Waals surface area (Å²) in [6.07, 6.45) is 0. The molecule has 0 radical (unpaired) electrons. The lowest BCUT2D eigenvalue weighted by Gasteiger charge is -2.24. The fourth-order valence-electron chi connectivity index (χ4n) is 1.48. The third-order valence-corrected chi connectivity index (χ3v) is 2.64. The van der Waals surface area contributed by atoms with Crippen LogP contribution in [0.2, 0.25) is 0 Å². The number of benzene rings is 1. The quantitative estimate of drug-likeness (QED) is 0.814. The van der Waals surface area contributed by atoms with E-state index in [2.05, 4.69) is 0 Å². The highest BCUT2D eigenvalue weighted by Gasteiger charge is 2.13. The number of likely N-dealkylation sites (N-methyl/N-ethyl adjacent to an activating group) is 2. The van der Waals surface area contributed by atoms with E-state index in [1.807, 2.05) is 6.92 Å². The molecule has 96 valence electrons. The van der Waals surface area contributed by atoms with Crippen LogP contribution in [-0.2, 0) is 4.79 Å². The molecule has 1 amide bonds. The van der Waals surface area contributed by atoms with Gasteiger partial charge in [-0.05, 0) is 25.1 Å². The Hall–Kier alpha value is -2.09. The molecule has 1 aromatic rings. The van der Waals surface area contributed by atoms with Gasteiger partial charge in [-0.25, -0.2) is 4.39 Å². The minimum atomic E-state index is -0.564. The van der Waals surface area contributed by atoms with Crippen LogP contribution in [0.25, 0.3) is 0 Å². The van der Waals surface area contributed by atoms with Gasteiger partial charge in [0.15, 0.2) is 0 Å². The molecule has 0 N–H and O–H groups in total. The zero-order chi connectivity index (χ0) is 13.7. The average Bonchev–Trinajstić information content (AvgIpc) is 2.35. The molecule has 0 bridgehead atoms. The van der Waals surface area contributed by atoms with Crippen molar-refractivity contribution in [3.05, 3.63) is 29.6 Å². The van der Waals surface area contributed by atoms with Crippen molar-refractivity contribution in [1.82, 2.24) is 4.90 Å². The fourth-order valence-corrected chi connectivity index (χ4v) is 1.48. The van der Waals surface area contributed by atoms with Crippen LogP contribution < -0.4 is 4.90 Å². The van der Waals surface area contributed by atoms with Gasteiger partial charge in [0.2, 0.25) is 5.91 Å². The summed E-state index contributed by atoms with van der Waals surface area (Å²) in [5, 5.41) is 8.66. The van der Waals surface area contributed by atoms with Crippen LogP contribution in [0.15, 0.2) is 18.2 Å². The summed E-state index contributed by atoms with van der Waals surface area (Å²) in [6.45, 7) is 2.67. The van der Waals surface area contributed by atoms with Crippen molar-refractivity contribution in [2.75, 3.05) is 32.1 Å². The Morgan fingerprint density at radius 3 is 2.56 bits per heavy atom. The van der Waals surface area contributed by atoms with E-state index in [-0.39, 0.29) is 18.0 Å². The predicted octanol–water partition coefficient (Wildman–Crippen LogP) is 1.61. The van der Waals surface area contributed by atoms with Gasteiger partial charge in [0.05, 0.1) is 12.1 Å². The highest BCUT2D eigenvalue weighted by molar-refractivity contribution is 5.81. The van der Waals surface area contributed by atoms with E-state index in [1.165, 1.54) is 17.0 Å². The number of hydrogen-bond acceptors (Lipinski definition) is 3. The van der Waals surface area contributed by atoms with E-state index in [0.29, 0.717) is 12.2 Å². The van der Waals surface area contributed by atoms with Crippen LogP contribution in [0.3, 0.4) is 0 Å². The van der Waals surface area contributed by atoms with Crippen molar-refractivity contribution >= 4 is 11.6 Å². The molecule has 0 unspecified atom stereocenters. The predicted molar refractivity (Wildman–Crippen MR) is 67.7 cm³/mol. The van der Waals surface area contributed by atoms with Crippen molar-refractivity contribution < 1.29 is 9.18 Å². The van der Waals surface area contributed by atoms with E-state index in [9.17, 15) is 9.18 Å². The largest absolute Gasteiger partial charge is 0.362 e. The minimum absolute atomic E-state index is 0.00809. The van der Waals surface area contributed by atoms with Gasteiger partial charge < -0.3 is 9.80 Å². The average molecular weight is 249 g/mol. The lowest BCUT2D eigenvalue weighted by molar-refractivity contribution is -0.127. The molecular weight excluding hydrogens is 233 g/mol. The van der Waals surface area contributed by atoms with E-state index < -0.39 is 5.82 Å². The molecule has 1 rings (SSSR count). The maximum Gasteiger partial charge on any atom is 0.241 e. The second-order valence-corrected chi connectivity index (χ2v) is 4.08. The molecule has 0 aliphatic carbocycles. The molecule has 0 aliphatic heterocycles. The zero-order valence-electron chi connectivity index (χ0n) is 10.8. The molecule has 5 heteroatoms. The maximum absolute atomic E-state index is 13.5. The van der Waals surface area contributed by atoms with Crippen LogP contribution in [-0.4, -0.2) is 38.0 Å². The van der Waals surface area contributed by atoms with E-state index in [4.69, 9.17) is 5.26 Å². The van der Waals surface area contributed by atoms with E-state index in [1.54, 1.807) is 31.1 Å². The molecule has 0 heterocycles. The number of anilines is 1. The standard InChI is InChI=1S/C13H16FN3O/c1-4-17(9-13(18)16(2)3)11-6-5-10(8-15)12(14)7-11/h5-7H,4,9H2,1-3H3. The van der Waals surface area contributed by atoms with Crippen LogP contribution in [0.1, 0.15) is 12.5 Å². The first-order valence-corrected chi connectivity index (χ1v) is 5.64. The lowest BCUT2D eigenvalue weighted by Crippen LogP contribution is -2.36. The summed E-state index contributed by atoms with van der Waals surface area (Å²) >= 11 is 0. The molecule has 0 saturated heterocycles. The Morgan fingerprint density at radius 2 is 2.11 bits per heavy atom. The molecule has 0 aromatic heterocycles. The first kappa shape index (κ1) is 14.0. The Kier molecular flexibility index (Phi) is 4.67. The van der Waals surface area contributed by atoms with E-state index in [0.717, 1.165) is 0 Å². The molecule has 1 aromatic carbocycles. The molecule has 4 nitrogen and oxygen atoms in total. The number of amides is 1. The van der Waals surface area contributed by atoms with E-state index >= 15 is 0 Å². The summed E-state index contributed by atoms with van der Waals surface area (Å²) in [5.41, 5.74) is 0.609. The highest BCUT2D eigenvalue weighted by atomic mass is 19.1. The Balaban J connectivity index is 2.93. The summed E-state index contributed by atoms with van der Waals surface area (Å²) in [5.74, 6) is -0.618. The van der Waals surface area contributed by atoms with Gasteiger partial charge in [-0.1, -0.05) is 0 Å². The molecule has 18 heavy (non-hydrogen) atoms. The van der Waals surface area contributed by atoms with Crippen molar-refractivity contribution in [2.45, 2.75) is 6.92 Å². The number of hydrogen-bond donors (Lipinski definition) is 0. The van der Waals surface area contributed by atoms with Crippen LogP contribution in [0.5, 0.6) is 0 Å². The van der Waals surface area contributed by atoms with Crippen molar-refractivity contribution in [3.63, 3.8) is 0 Å². The molecule has 0 aliphatic rings. The monoisotopic (exact) mass is 249 g/mol. The van der Waals surface area contributed by atoms with Gasteiger partial charge >= 0.3 is 0 Å². The number of rotatable bonds is 4. The van der Waals surface area contributed by atoms with Gasteiger partial charge in [0, 0.05) is 26.3 Å². The number of nitrogens with zero attached hydrogens (tertiary/aromatic N) is 3. The maximum atomic E-state index is 13.5. The molecule has 0 spiro atoms. The summed E-state index contributed by atoms with van der Waals surface area (Å²) in [7, 11) is 3.35. The molecule has 0 atom stereocenters. The fraction of sp³-hybridized carbons (Fsp3) is 0.385. The molecular formula is C13H16FN3O. The molecule has 0 saturated carbocycles. The first-order valence-electron chi connectivity index (χ1n) is 5.64. The second kappa shape index (κ2) is 6.01. The topological polar surface area (TPSA) is 47.3 Å². The van der Waals surface area contributed by atoms with Crippen molar-refractivity contribution in [2.24, 2.45) is 0 Å². The normalized spacial score (nSPS) is 9.72. The number of carbonyl (C=O) groups excluding carboxylic acids is 1. The third-order valence-electron chi connectivity index (χ3n) is 2.64. The van der Waals surface area contributed by atoms with Crippen molar-refractivity contribution in [3.8, 4) is 6.07 Å². The summed E-state index contributed by atoms with van der Waals surface area (Å²) < 4.78 is 13.5. The SMILES string of the molecule is CCN(CC(=O)N(C)C)c1ccc(C#N)c(F)c1. The number of halogens is 1. The Morgan fingerprint density at radius 1 is 1.44 bits per heavy atom. The Bertz CT molecular complexity index is 480.